The van der Waals surface area contributed by atoms with Gasteiger partial charge in [-0.3, -0.25) is 0 Å². The highest BCUT2D eigenvalue weighted by Gasteiger charge is 2.05. The quantitative estimate of drug-likeness (QED) is 0.738. The van der Waals surface area contributed by atoms with Gasteiger partial charge in [-0.25, -0.2) is 4.98 Å². The molecule has 0 aliphatic heterocycles. The summed E-state index contributed by atoms with van der Waals surface area (Å²) >= 11 is 5.12. The topological polar surface area (TPSA) is 38.9 Å². The SMILES string of the molecule is Nc1cnc(Sc2ccc3ccccc3c2)c(Br)c1. The van der Waals surface area contributed by atoms with Gasteiger partial charge in [0.2, 0.25) is 0 Å². The first kappa shape index (κ1) is 12.5. The normalized spacial score (nSPS) is 10.8. The predicted molar refractivity (Wildman–Crippen MR) is 84.4 cm³/mol. The molecule has 1 heterocycles. The lowest BCUT2D eigenvalue weighted by Crippen LogP contribution is -1.88. The standard InChI is InChI=1S/C15H11BrN2S/c16-14-8-12(17)9-18-15(14)19-13-6-5-10-3-1-2-4-11(10)7-13/h1-9H,17H2. The molecular weight excluding hydrogens is 320 g/mol. The zero-order valence-corrected chi connectivity index (χ0v) is 12.4. The molecule has 2 nitrogen and oxygen atoms in total. The maximum atomic E-state index is 5.69. The highest BCUT2D eigenvalue weighted by atomic mass is 79.9. The van der Waals surface area contributed by atoms with Crippen LogP contribution in [0.4, 0.5) is 5.69 Å². The molecule has 0 fully saturated rings. The van der Waals surface area contributed by atoms with Crippen LogP contribution in [0.25, 0.3) is 10.8 Å². The van der Waals surface area contributed by atoms with Gasteiger partial charge in [-0.1, -0.05) is 42.1 Å². The number of nitrogens with two attached hydrogens (primary N) is 1. The third-order valence-corrected chi connectivity index (χ3v) is 4.64. The molecule has 0 saturated heterocycles. The number of nitrogen functional groups attached to an aromatic ring is 1. The summed E-state index contributed by atoms with van der Waals surface area (Å²) in [6, 6.07) is 16.6. The fourth-order valence-electron chi connectivity index (χ4n) is 1.86. The van der Waals surface area contributed by atoms with E-state index in [0.717, 1.165) is 14.4 Å². The number of anilines is 1. The third-order valence-electron chi connectivity index (χ3n) is 2.76. The van der Waals surface area contributed by atoms with E-state index in [9.17, 15) is 0 Å². The first-order chi connectivity index (χ1) is 9.22. The van der Waals surface area contributed by atoms with Crippen molar-refractivity contribution in [3.8, 4) is 0 Å². The van der Waals surface area contributed by atoms with Crippen molar-refractivity contribution in [3.05, 3.63) is 59.2 Å². The zero-order chi connectivity index (χ0) is 13.2. The molecule has 0 atom stereocenters. The van der Waals surface area contributed by atoms with E-state index in [1.807, 2.05) is 18.2 Å². The molecule has 1 aromatic heterocycles. The second-order valence-electron chi connectivity index (χ2n) is 4.17. The van der Waals surface area contributed by atoms with Crippen molar-refractivity contribution in [1.29, 1.82) is 0 Å². The van der Waals surface area contributed by atoms with Crippen LogP contribution in [0.1, 0.15) is 0 Å². The van der Waals surface area contributed by atoms with Gasteiger partial charge in [0, 0.05) is 4.90 Å². The first-order valence-corrected chi connectivity index (χ1v) is 7.41. The lowest BCUT2D eigenvalue weighted by Gasteiger charge is -2.05. The van der Waals surface area contributed by atoms with E-state index >= 15 is 0 Å². The van der Waals surface area contributed by atoms with E-state index in [4.69, 9.17) is 5.73 Å². The minimum absolute atomic E-state index is 0.662. The minimum Gasteiger partial charge on any atom is -0.397 e. The largest absolute Gasteiger partial charge is 0.397 e. The molecule has 2 aromatic carbocycles. The van der Waals surface area contributed by atoms with Gasteiger partial charge in [-0.05, 0) is 44.9 Å². The van der Waals surface area contributed by atoms with Crippen molar-refractivity contribution < 1.29 is 0 Å². The smallest absolute Gasteiger partial charge is 0.115 e. The maximum absolute atomic E-state index is 5.69. The van der Waals surface area contributed by atoms with Crippen molar-refractivity contribution >= 4 is 44.2 Å². The van der Waals surface area contributed by atoms with E-state index < -0.39 is 0 Å². The molecule has 4 heteroatoms. The summed E-state index contributed by atoms with van der Waals surface area (Å²) in [7, 11) is 0. The molecule has 2 N–H and O–H groups in total. The Morgan fingerprint density at radius 1 is 1.00 bits per heavy atom. The van der Waals surface area contributed by atoms with Crippen LogP contribution in [0, 0.1) is 0 Å². The molecule has 0 aliphatic carbocycles. The molecule has 0 aliphatic rings. The average molecular weight is 331 g/mol. The molecule has 3 aromatic rings. The Hall–Kier alpha value is -1.52. The summed E-state index contributed by atoms with van der Waals surface area (Å²) in [5.74, 6) is 0. The Morgan fingerprint density at radius 2 is 1.79 bits per heavy atom. The van der Waals surface area contributed by atoms with Gasteiger partial charge in [-0.15, -0.1) is 0 Å². The highest BCUT2D eigenvalue weighted by Crippen LogP contribution is 2.33. The van der Waals surface area contributed by atoms with Gasteiger partial charge < -0.3 is 5.73 Å². The predicted octanol–water partition coefficient (Wildman–Crippen LogP) is 4.73. The molecule has 3 rings (SSSR count). The Balaban J connectivity index is 1.96. The van der Waals surface area contributed by atoms with Crippen LogP contribution in [-0.2, 0) is 0 Å². The van der Waals surface area contributed by atoms with Gasteiger partial charge in [-0.2, -0.15) is 0 Å². The Labute approximate surface area is 124 Å². The second kappa shape index (κ2) is 5.23. The highest BCUT2D eigenvalue weighted by molar-refractivity contribution is 9.10. The zero-order valence-electron chi connectivity index (χ0n) is 10.0. The van der Waals surface area contributed by atoms with Crippen LogP contribution in [0.15, 0.2) is 69.1 Å². The van der Waals surface area contributed by atoms with E-state index in [2.05, 4.69) is 51.2 Å². The molecule has 94 valence electrons. The summed E-state index contributed by atoms with van der Waals surface area (Å²) in [6.07, 6.45) is 1.67. The Bertz CT molecular complexity index is 743. The number of hydrogen-bond donors (Lipinski definition) is 1. The van der Waals surface area contributed by atoms with E-state index in [1.165, 1.54) is 10.8 Å². The Kier molecular flexibility index (Phi) is 3.44. The van der Waals surface area contributed by atoms with Crippen LogP contribution < -0.4 is 5.73 Å². The fourth-order valence-corrected chi connectivity index (χ4v) is 3.27. The minimum atomic E-state index is 0.662. The Morgan fingerprint density at radius 3 is 2.58 bits per heavy atom. The number of aromatic nitrogens is 1. The van der Waals surface area contributed by atoms with Crippen molar-refractivity contribution in [1.82, 2.24) is 4.98 Å². The van der Waals surface area contributed by atoms with Gasteiger partial charge in [0.05, 0.1) is 16.4 Å². The van der Waals surface area contributed by atoms with Crippen LogP contribution in [-0.4, -0.2) is 4.98 Å². The number of hydrogen-bond acceptors (Lipinski definition) is 3. The number of benzene rings is 2. The molecule has 0 spiro atoms. The molecule has 0 radical (unpaired) electrons. The van der Waals surface area contributed by atoms with Crippen LogP contribution in [0.3, 0.4) is 0 Å². The van der Waals surface area contributed by atoms with Crippen molar-refractivity contribution in [2.45, 2.75) is 9.92 Å². The lowest BCUT2D eigenvalue weighted by atomic mass is 10.1. The summed E-state index contributed by atoms with van der Waals surface area (Å²) in [5, 5.41) is 3.40. The van der Waals surface area contributed by atoms with Gasteiger partial charge >= 0.3 is 0 Å². The van der Waals surface area contributed by atoms with E-state index in [-0.39, 0.29) is 0 Å². The van der Waals surface area contributed by atoms with Crippen molar-refractivity contribution in [2.24, 2.45) is 0 Å². The summed E-state index contributed by atoms with van der Waals surface area (Å²) in [5.41, 5.74) is 6.36. The summed E-state index contributed by atoms with van der Waals surface area (Å²) in [6.45, 7) is 0. The van der Waals surface area contributed by atoms with Crippen LogP contribution in [0.2, 0.25) is 0 Å². The van der Waals surface area contributed by atoms with E-state index in [1.54, 1.807) is 18.0 Å². The van der Waals surface area contributed by atoms with Crippen LogP contribution in [0.5, 0.6) is 0 Å². The molecule has 19 heavy (non-hydrogen) atoms. The summed E-state index contributed by atoms with van der Waals surface area (Å²) in [4.78, 5) is 5.51. The number of halogens is 1. The van der Waals surface area contributed by atoms with Gasteiger partial charge in [0.1, 0.15) is 5.03 Å². The molecule has 0 unspecified atom stereocenters. The monoisotopic (exact) mass is 330 g/mol. The molecule has 0 amide bonds. The fraction of sp³-hybridized carbons (Fsp3) is 0. The number of pyridine rings is 1. The molecular formula is C15H11BrN2S. The second-order valence-corrected chi connectivity index (χ2v) is 6.08. The number of rotatable bonds is 2. The average Bonchev–Trinajstić information content (AvgIpc) is 2.42. The first-order valence-electron chi connectivity index (χ1n) is 5.80. The lowest BCUT2D eigenvalue weighted by molar-refractivity contribution is 1.11. The third kappa shape index (κ3) is 2.74. The molecule has 0 bridgehead atoms. The van der Waals surface area contributed by atoms with E-state index in [0.29, 0.717) is 5.69 Å². The van der Waals surface area contributed by atoms with Gasteiger partial charge in [0.15, 0.2) is 0 Å². The van der Waals surface area contributed by atoms with Crippen LogP contribution >= 0.6 is 27.7 Å². The molecule has 0 saturated carbocycles. The van der Waals surface area contributed by atoms with Crippen molar-refractivity contribution in [3.63, 3.8) is 0 Å². The van der Waals surface area contributed by atoms with Gasteiger partial charge in [0.25, 0.3) is 0 Å². The van der Waals surface area contributed by atoms with Crippen molar-refractivity contribution in [2.75, 3.05) is 5.73 Å². The maximum Gasteiger partial charge on any atom is 0.115 e. The summed E-state index contributed by atoms with van der Waals surface area (Å²) < 4.78 is 0.922. The number of fused-ring (bicyclic) bond motifs is 1. The number of nitrogens with zero attached hydrogens (tertiary/aromatic N) is 1.